The molecule has 2 heterocycles. The first-order valence-electron chi connectivity index (χ1n) is 5.99. The van der Waals surface area contributed by atoms with Gasteiger partial charge >= 0.3 is 0 Å². The maximum Gasteiger partial charge on any atom is 0.193 e. The third-order valence-electron chi connectivity index (χ3n) is 3.59. The first-order valence-corrected chi connectivity index (χ1v) is 6.87. The van der Waals surface area contributed by atoms with Gasteiger partial charge < -0.3 is 5.73 Å². The fourth-order valence-electron chi connectivity index (χ4n) is 2.67. The molecule has 0 radical (unpaired) electrons. The van der Waals surface area contributed by atoms with E-state index in [9.17, 15) is 0 Å². The number of hydrogen-bond donors (Lipinski definition) is 1. The third kappa shape index (κ3) is 1.87. The van der Waals surface area contributed by atoms with Crippen molar-refractivity contribution in [3.05, 3.63) is 23.5 Å². The molecule has 3 nitrogen and oxygen atoms in total. The van der Waals surface area contributed by atoms with E-state index in [4.69, 9.17) is 5.73 Å². The molecule has 86 valence electrons. The molecule has 1 aliphatic carbocycles. The van der Waals surface area contributed by atoms with Crippen molar-refractivity contribution in [1.29, 1.82) is 0 Å². The van der Waals surface area contributed by atoms with Gasteiger partial charge in [0.05, 0.1) is 5.69 Å². The molecule has 0 amide bonds. The van der Waals surface area contributed by atoms with E-state index in [0.29, 0.717) is 6.04 Å². The zero-order chi connectivity index (χ0) is 11.0. The lowest BCUT2D eigenvalue weighted by molar-refractivity contribution is 0.427. The summed E-state index contributed by atoms with van der Waals surface area (Å²) in [5, 5.41) is 2.06. The van der Waals surface area contributed by atoms with E-state index in [1.165, 1.54) is 25.7 Å². The Labute approximate surface area is 99.3 Å². The summed E-state index contributed by atoms with van der Waals surface area (Å²) in [6.45, 7) is 0. The van der Waals surface area contributed by atoms with Gasteiger partial charge in [-0.2, -0.15) is 0 Å². The van der Waals surface area contributed by atoms with Crippen LogP contribution in [-0.4, -0.2) is 15.4 Å². The Morgan fingerprint density at radius 2 is 2.31 bits per heavy atom. The first kappa shape index (κ1) is 10.3. The van der Waals surface area contributed by atoms with Crippen LogP contribution in [0.15, 0.2) is 17.8 Å². The molecule has 4 heteroatoms. The fourth-order valence-corrected chi connectivity index (χ4v) is 3.39. The molecule has 16 heavy (non-hydrogen) atoms. The van der Waals surface area contributed by atoms with Gasteiger partial charge in [-0.1, -0.05) is 12.8 Å². The van der Waals surface area contributed by atoms with Crippen LogP contribution in [0, 0.1) is 5.92 Å². The number of nitrogens with two attached hydrogens (primary N) is 1. The normalized spacial score (nSPS) is 19.6. The molecule has 0 saturated heterocycles. The summed E-state index contributed by atoms with van der Waals surface area (Å²) in [7, 11) is 0. The number of fused-ring (bicyclic) bond motifs is 1. The van der Waals surface area contributed by atoms with Gasteiger partial charge in [0.1, 0.15) is 0 Å². The Bertz CT molecular complexity index is 439. The van der Waals surface area contributed by atoms with E-state index >= 15 is 0 Å². The quantitative estimate of drug-likeness (QED) is 0.888. The van der Waals surface area contributed by atoms with E-state index in [-0.39, 0.29) is 0 Å². The minimum Gasteiger partial charge on any atom is -0.327 e. The van der Waals surface area contributed by atoms with Gasteiger partial charge in [-0.3, -0.25) is 4.40 Å². The molecule has 1 aliphatic rings. The van der Waals surface area contributed by atoms with Crippen LogP contribution in [0.25, 0.3) is 4.96 Å². The third-order valence-corrected chi connectivity index (χ3v) is 4.36. The Balaban J connectivity index is 1.71. The topological polar surface area (TPSA) is 43.3 Å². The van der Waals surface area contributed by atoms with Gasteiger partial charge in [-0.05, 0) is 18.8 Å². The van der Waals surface area contributed by atoms with Crippen LogP contribution in [0.1, 0.15) is 31.4 Å². The van der Waals surface area contributed by atoms with Gasteiger partial charge in [-0.25, -0.2) is 4.98 Å². The summed E-state index contributed by atoms with van der Waals surface area (Å²) in [6, 6.07) is 0.298. The zero-order valence-electron chi connectivity index (χ0n) is 9.30. The number of thiazole rings is 1. The molecule has 2 aromatic heterocycles. The minimum atomic E-state index is 0.298. The number of imidazole rings is 1. The predicted octanol–water partition coefficient (Wildman–Crippen LogP) is 2.46. The lowest BCUT2D eigenvalue weighted by Crippen LogP contribution is -2.30. The van der Waals surface area contributed by atoms with E-state index in [1.54, 1.807) is 11.3 Å². The fraction of sp³-hybridized carbons (Fsp3) is 0.583. The summed E-state index contributed by atoms with van der Waals surface area (Å²) in [4.78, 5) is 5.66. The second kappa shape index (κ2) is 4.18. The van der Waals surface area contributed by atoms with Crippen molar-refractivity contribution in [3.63, 3.8) is 0 Å². The van der Waals surface area contributed by atoms with Crippen LogP contribution in [0.2, 0.25) is 0 Å². The highest BCUT2D eigenvalue weighted by atomic mass is 32.1. The SMILES string of the molecule is NC(Cc1cn2ccsc2n1)C1CCCC1. The molecule has 0 spiro atoms. The van der Waals surface area contributed by atoms with E-state index < -0.39 is 0 Å². The molecule has 2 N–H and O–H groups in total. The predicted molar refractivity (Wildman–Crippen MR) is 66.7 cm³/mol. The number of aromatic nitrogens is 2. The maximum atomic E-state index is 6.26. The minimum absolute atomic E-state index is 0.298. The van der Waals surface area contributed by atoms with Crippen molar-refractivity contribution in [2.24, 2.45) is 11.7 Å². The largest absolute Gasteiger partial charge is 0.327 e. The Kier molecular flexibility index (Phi) is 2.69. The van der Waals surface area contributed by atoms with Crippen molar-refractivity contribution in [2.75, 3.05) is 0 Å². The number of rotatable bonds is 3. The number of nitrogens with zero attached hydrogens (tertiary/aromatic N) is 2. The first-order chi connectivity index (χ1) is 7.83. The van der Waals surface area contributed by atoms with Crippen LogP contribution in [0.3, 0.4) is 0 Å². The van der Waals surface area contributed by atoms with Crippen molar-refractivity contribution >= 4 is 16.3 Å². The summed E-state index contributed by atoms with van der Waals surface area (Å²) in [5.41, 5.74) is 7.40. The molecule has 0 bridgehead atoms. The second-order valence-electron chi connectivity index (χ2n) is 4.74. The highest BCUT2D eigenvalue weighted by molar-refractivity contribution is 7.15. The average Bonchev–Trinajstić information content (AvgIpc) is 2.91. The number of hydrogen-bond acceptors (Lipinski definition) is 3. The van der Waals surface area contributed by atoms with Crippen molar-refractivity contribution in [3.8, 4) is 0 Å². The lowest BCUT2D eigenvalue weighted by atomic mass is 9.95. The van der Waals surface area contributed by atoms with Crippen LogP contribution < -0.4 is 5.73 Å². The summed E-state index contributed by atoms with van der Waals surface area (Å²) in [5.74, 6) is 0.722. The van der Waals surface area contributed by atoms with E-state index in [2.05, 4.69) is 27.2 Å². The van der Waals surface area contributed by atoms with Crippen molar-refractivity contribution in [1.82, 2.24) is 9.38 Å². The van der Waals surface area contributed by atoms with Gasteiger partial charge in [0.25, 0.3) is 0 Å². The highest BCUT2D eigenvalue weighted by Gasteiger charge is 2.22. The zero-order valence-corrected chi connectivity index (χ0v) is 10.1. The monoisotopic (exact) mass is 235 g/mol. The van der Waals surface area contributed by atoms with Crippen LogP contribution in [-0.2, 0) is 6.42 Å². The molecular formula is C12H17N3S. The maximum absolute atomic E-state index is 6.26. The summed E-state index contributed by atoms with van der Waals surface area (Å²) in [6.07, 6.45) is 10.4. The highest BCUT2D eigenvalue weighted by Crippen LogP contribution is 2.28. The van der Waals surface area contributed by atoms with Gasteiger partial charge in [0.15, 0.2) is 4.96 Å². The molecule has 1 atom stereocenters. The van der Waals surface area contributed by atoms with Gasteiger partial charge in [-0.15, -0.1) is 11.3 Å². The molecule has 2 aromatic rings. The standard InChI is InChI=1S/C12H17N3S/c13-11(9-3-1-2-4-9)7-10-8-15-5-6-16-12(15)14-10/h5-6,8-9,11H,1-4,7,13H2. The molecule has 3 rings (SSSR count). The average molecular weight is 235 g/mol. The van der Waals surface area contributed by atoms with Crippen molar-refractivity contribution < 1.29 is 0 Å². The van der Waals surface area contributed by atoms with Crippen molar-refractivity contribution in [2.45, 2.75) is 38.1 Å². The molecule has 1 unspecified atom stereocenters. The van der Waals surface area contributed by atoms with E-state index in [1.807, 2.05) is 0 Å². The smallest absolute Gasteiger partial charge is 0.193 e. The van der Waals surface area contributed by atoms with Crippen LogP contribution >= 0.6 is 11.3 Å². The van der Waals surface area contributed by atoms with Gasteiger partial charge in [0.2, 0.25) is 0 Å². The van der Waals surface area contributed by atoms with Gasteiger partial charge in [0, 0.05) is 30.2 Å². The van der Waals surface area contributed by atoms with E-state index in [0.717, 1.165) is 23.0 Å². The summed E-state index contributed by atoms with van der Waals surface area (Å²) >= 11 is 1.68. The van der Waals surface area contributed by atoms with Crippen LogP contribution in [0.5, 0.6) is 0 Å². The Hall–Kier alpha value is -0.870. The molecule has 0 aliphatic heterocycles. The Morgan fingerprint density at radius 1 is 1.50 bits per heavy atom. The lowest BCUT2D eigenvalue weighted by Gasteiger charge is -2.17. The molecule has 0 aromatic carbocycles. The summed E-state index contributed by atoms with van der Waals surface area (Å²) < 4.78 is 2.08. The molecular weight excluding hydrogens is 218 g/mol. The molecule has 1 fully saturated rings. The molecule has 1 saturated carbocycles. The second-order valence-corrected chi connectivity index (χ2v) is 5.61. The van der Waals surface area contributed by atoms with Crippen LogP contribution in [0.4, 0.5) is 0 Å². The Morgan fingerprint density at radius 3 is 3.06 bits per heavy atom.